The van der Waals surface area contributed by atoms with Crippen molar-refractivity contribution in [3.05, 3.63) is 0 Å². The number of carbonyl (C=O) groups is 1. The Labute approximate surface area is 111 Å². The molecule has 2 aliphatic rings. The van der Waals surface area contributed by atoms with Crippen LogP contribution in [0.2, 0.25) is 0 Å². The molecule has 0 aromatic carbocycles. The van der Waals surface area contributed by atoms with E-state index in [0.29, 0.717) is 11.7 Å². The molecule has 3 nitrogen and oxygen atoms in total. The molecule has 1 N–H and O–H groups in total. The Morgan fingerprint density at radius 1 is 1.33 bits per heavy atom. The summed E-state index contributed by atoms with van der Waals surface area (Å²) >= 11 is 0. The minimum atomic E-state index is -0.353. The van der Waals surface area contributed by atoms with Crippen molar-refractivity contribution in [2.75, 3.05) is 19.6 Å². The predicted molar refractivity (Wildman–Crippen MR) is 72.5 cm³/mol. The van der Waals surface area contributed by atoms with E-state index < -0.39 is 0 Å². The molecule has 0 aromatic heterocycles. The highest BCUT2D eigenvalue weighted by atomic mass is 16.3. The summed E-state index contributed by atoms with van der Waals surface area (Å²) in [6, 6.07) is 0. The lowest BCUT2D eigenvalue weighted by Gasteiger charge is -2.47. The third kappa shape index (κ3) is 3.55. The Kier molecular flexibility index (Phi) is 4.79. The van der Waals surface area contributed by atoms with E-state index in [9.17, 15) is 9.90 Å². The smallest absolute Gasteiger partial charge is 0.129 e. The van der Waals surface area contributed by atoms with E-state index >= 15 is 0 Å². The van der Waals surface area contributed by atoms with Gasteiger partial charge in [-0.2, -0.15) is 0 Å². The van der Waals surface area contributed by atoms with Gasteiger partial charge in [0.05, 0.1) is 5.60 Å². The summed E-state index contributed by atoms with van der Waals surface area (Å²) in [4.78, 5) is 13.4. The molecule has 2 fully saturated rings. The first kappa shape index (κ1) is 14.0. The topological polar surface area (TPSA) is 40.5 Å². The summed E-state index contributed by atoms with van der Waals surface area (Å²) in [5.41, 5.74) is -0.353. The molecule has 0 spiro atoms. The monoisotopic (exact) mass is 253 g/mol. The van der Waals surface area contributed by atoms with Gasteiger partial charge in [-0.25, -0.2) is 0 Å². The van der Waals surface area contributed by atoms with Crippen molar-refractivity contribution >= 4 is 5.78 Å². The third-order valence-electron chi connectivity index (χ3n) is 4.76. The van der Waals surface area contributed by atoms with Crippen molar-refractivity contribution in [2.45, 2.75) is 63.9 Å². The third-order valence-corrected chi connectivity index (χ3v) is 4.76. The van der Waals surface area contributed by atoms with E-state index in [1.807, 2.05) is 0 Å². The maximum absolute atomic E-state index is 10.9. The Morgan fingerprint density at radius 3 is 2.94 bits per heavy atom. The number of carbonyl (C=O) groups excluding carboxylic acids is 1. The van der Waals surface area contributed by atoms with Crippen LogP contribution in [0, 0.1) is 5.92 Å². The minimum absolute atomic E-state index is 0.301. The number of fused-ring (bicyclic) bond motifs is 1. The van der Waals surface area contributed by atoms with Crippen molar-refractivity contribution in [1.29, 1.82) is 0 Å². The van der Waals surface area contributed by atoms with Gasteiger partial charge < -0.3 is 14.8 Å². The average molecular weight is 253 g/mol. The number of Topliss-reactive ketones (excluding diaryl/α,β-unsaturated/α-hetero) is 1. The summed E-state index contributed by atoms with van der Waals surface area (Å²) in [6.07, 6.45) is 8.49. The molecule has 3 heteroatoms. The standard InChI is InChI=1S/C15H27NO2/c1-13(17)6-3-5-10-16-11-9-15(18)8-4-2-7-14(15)12-16/h14,18H,2-12H2,1H3. The fourth-order valence-corrected chi connectivity index (χ4v) is 3.55. The van der Waals surface area contributed by atoms with Crippen LogP contribution in [0.25, 0.3) is 0 Å². The number of ketones is 1. The Morgan fingerprint density at radius 2 is 2.17 bits per heavy atom. The first-order valence-corrected chi connectivity index (χ1v) is 7.54. The molecule has 0 bridgehead atoms. The van der Waals surface area contributed by atoms with Gasteiger partial charge in [-0.3, -0.25) is 0 Å². The molecule has 0 radical (unpaired) electrons. The van der Waals surface area contributed by atoms with Crippen molar-refractivity contribution in [1.82, 2.24) is 4.90 Å². The maximum atomic E-state index is 10.9. The Hall–Kier alpha value is -0.410. The zero-order valence-corrected chi connectivity index (χ0v) is 11.7. The average Bonchev–Trinajstić information content (AvgIpc) is 2.34. The highest BCUT2D eigenvalue weighted by Gasteiger charge is 2.42. The van der Waals surface area contributed by atoms with Gasteiger partial charge in [0.15, 0.2) is 0 Å². The summed E-state index contributed by atoms with van der Waals surface area (Å²) in [6.45, 7) is 4.87. The van der Waals surface area contributed by atoms with Crippen LogP contribution < -0.4 is 0 Å². The molecule has 0 amide bonds. The van der Waals surface area contributed by atoms with Crippen molar-refractivity contribution in [3.63, 3.8) is 0 Å². The number of unbranched alkanes of at least 4 members (excludes halogenated alkanes) is 1. The number of hydrogen-bond donors (Lipinski definition) is 1. The maximum Gasteiger partial charge on any atom is 0.129 e. The van der Waals surface area contributed by atoms with Crippen molar-refractivity contribution in [3.8, 4) is 0 Å². The van der Waals surface area contributed by atoms with Gasteiger partial charge in [0.2, 0.25) is 0 Å². The van der Waals surface area contributed by atoms with E-state index in [1.54, 1.807) is 6.92 Å². The van der Waals surface area contributed by atoms with Crippen LogP contribution in [0.5, 0.6) is 0 Å². The van der Waals surface area contributed by atoms with E-state index in [-0.39, 0.29) is 5.60 Å². The molecule has 104 valence electrons. The second kappa shape index (κ2) is 6.16. The van der Waals surface area contributed by atoms with Gasteiger partial charge in [0.25, 0.3) is 0 Å². The number of rotatable bonds is 5. The summed E-state index contributed by atoms with van der Waals surface area (Å²) in [5, 5.41) is 10.6. The van der Waals surface area contributed by atoms with E-state index in [2.05, 4.69) is 4.90 Å². The van der Waals surface area contributed by atoms with Crippen molar-refractivity contribution < 1.29 is 9.90 Å². The SMILES string of the molecule is CC(=O)CCCCN1CCC2(O)CCCCC2C1. The summed E-state index contributed by atoms with van der Waals surface area (Å²) in [5.74, 6) is 0.795. The van der Waals surface area contributed by atoms with Crippen LogP contribution in [-0.4, -0.2) is 41.0 Å². The summed E-state index contributed by atoms with van der Waals surface area (Å²) < 4.78 is 0. The quantitative estimate of drug-likeness (QED) is 0.765. The lowest BCUT2D eigenvalue weighted by Crippen LogP contribution is -2.53. The number of likely N-dealkylation sites (tertiary alicyclic amines) is 1. The number of aliphatic hydroxyl groups is 1. The number of nitrogens with zero attached hydrogens (tertiary/aromatic N) is 1. The Balaban J connectivity index is 1.71. The molecule has 1 heterocycles. The highest BCUT2D eigenvalue weighted by molar-refractivity contribution is 5.75. The fraction of sp³-hybridized carbons (Fsp3) is 0.933. The van der Waals surface area contributed by atoms with Gasteiger partial charge in [-0.05, 0) is 45.6 Å². The van der Waals surface area contributed by atoms with Crippen LogP contribution in [0.15, 0.2) is 0 Å². The fourth-order valence-electron chi connectivity index (χ4n) is 3.55. The molecule has 1 aliphatic carbocycles. The van der Waals surface area contributed by atoms with Crippen LogP contribution in [0.1, 0.15) is 58.3 Å². The predicted octanol–water partition coefficient (Wildman–Crippen LogP) is 2.37. The van der Waals surface area contributed by atoms with Gasteiger partial charge in [0.1, 0.15) is 5.78 Å². The number of hydrogen-bond acceptors (Lipinski definition) is 3. The highest BCUT2D eigenvalue weighted by Crippen LogP contribution is 2.39. The lowest BCUT2D eigenvalue weighted by molar-refractivity contribution is -0.117. The second-order valence-electron chi connectivity index (χ2n) is 6.26. The molecular formula is C15H27NO2. The van der Waals surface area contributed by atoms with Gasteiger partial charge in [-0.15, -0.1) is 0 Å². The zero-order valence-electron chi connectivity index (χ0n) is 11.7. The van der Waals surface area contributed by atoms with Crippen molar-refractivity contribution in [2.24, 2.45) is 5.92 Å². The van der Waals surface area contributed by atoms with Gasteiger partial charge in [0, 0.05) is 25.4 Å². The van der Waals surface area contributed by atoms with Crippen LogP contribution in [0.3, 0.4) is 0 Å². The van der Waals surface area contributed by atoms with Crippen LogP contribution >= 0.6 is 0 Å². The molecule has 1 saturated heterocycles. The van der Waals surface area contributed by atoms with Crippen LogP contribution in [0.4, 0.5) is 0 Å². The van der Waals surface area contributed by atoms with Gasteiger partial charge in [-0.1, -0.05) is 12.8 Å². The molecule has 1 saturated carbocycles. The molecule has 1 aliphatic heterocycles. The normalized spacial score (nSPS) is 33.1. The first-order valence-electron chi connectivity index (χ1n) is 7.54. The molecule has 0 aromatic rings. The van der Waals surface area contributed by atoms with Crippen LogP contribution in [-0.2, 0) is 4.79 Å². The lowest BCUT2D eigenvalue weighted by atomic mass is 9.71. The van der Waals surface area contributed by atoms with Gasteiger partial charge >= 0.3 is 0 Å². The number of piperidine rings is 1. The Bertz CT molecular complexity index is 292. The first-order chi connectivity index (χ1) is 8.60. The van der Waals surface area contributed by atoms with E-state index in [0.717, 1.165) is 51.7 Å². The molecule has 2 atom stereocenters. The largest absolute Gasteiger partial charge is 0.390 e. The minimum Gasteiger partial charge on any atom is -0.390 e. The van der Waals surface area contributed by atoms with E-state index in [1.165, 1.54) is 19.3 Å². The van der Waals surface area contributed by atoms with E-state index in [4.69, 9.17) is 0 Å². The molecule has 2 rings (SSSR count). The molecule has 18 heavy (non-hydrogen) atoms. The molecule has 2 unspecified atom stereocenters. The summed E-state index contributed by atoms with van der Waals surface area (Å²) in [7, 11) is 0. The molecular weight excluding hydrogens is 226 g/mol. The zero-order chi connectivity index (χ0) is 13.0. The second-order valence-corrected chi connectivity index (χ2v) is 6.26.